The SMILES string of the molecule is O=C(O)CNC(=O)CCCNC(=O)c1cccs1. The maximum Gasteiger partial charge on any atom is 0.322 e. The van der Waals surface area contributed by atoms with E-state index in [1.54, 1.807) is 12.1 Å². The Morgan fingerprint density at radius 3 is 2.67 bits per heavy atom. The summed E-state index contributed by atoms with van der Waals surface area (Å²) in [6.45, 7) is 0.0115. The Morgan fingerprint density at radius 2 is 2.06 bits per heavy atom. The van der Waals surface area contributed by atoms with Crippen molar-refractivity contribution >= 4 is 29.1 Å². The Morgan fingerprint density at radius 1 is 1.28 bits per heavy atom. The quantitative estimate of drug-likeness (QED) is 0.627. The van der Waals surface area contributed by atoms with Gasteiger partial charge in [0.05, 0.1) is 4.88 Å². The summed E-state index contributed by atoms with van der Waals surface area (Å²) in [6.07, 6.45) is 0.667. The van der Waals surface area contributed by atoms with Crippen LogP contribution in [-0.2, 0) is 9.59 Å². The molecule has 0 saturated carbocycles. The Balaban J connectivity index is 2.10. The minimum atomic E-state index is -1.07. The summed E-state index contributed by atoms with van der Waals surface area (Å²) < 4.78 is 0. The highest BCUT2D eigenvalue weighted by Gasteiger charge is 2.06. The Bertz CT molecular complexity index is 417. The standard InChI is InChI=1S/C11H14N2O4S/c14-9(13-7-10(15)16)4-1-5-12-11(17)8-3-2-6-18-8/h2-3,6H,1,4-5,7H2,(H,12,17)(H,13,14)(H,15,16). The van der Waals surface area contributed by atoms with Crippen LogP contribution in [0.1, 0.15) is 22.5 Å². The first kappa shape index (κ1) is 14.2. The molecule has 0 aliphatic carbocycles. The van der Waals surface area contributed by atoms with Gasteiger partial charge in [-0.05, 0) is 17.9 Å². The summed E-state index contributed by atoms with van der Waals surface area (Å²) in [6, 6.07) is 3.51. The van der Waals surface area contributed by atoms with Gasteiger partial charge in [-0.15, -0.1) is 11.3 Å². The third-order valence-corrected chi connectivity index (χ3v) is 2.92. The molecule has 0 bridgehead atoms. The van der Waals surface area contributed by atoms with Crippen LogP contribution in [0, 0.1) is 0 Å². The first-order chi connectivity index (χ1) is 8.59. The maximum absolute atomic E-state index is 11.5. The van der Waals surface area contributed by atoms with Crippen LogP contribution in [-0.4, -0.2) is 36.0 Å². The minimum Gasteiger partial charge on any atom is -0.480 e. The average Bonchev–Trinajstić information content (AvgIpc) is 2.85. The number of carbonyl (C=O) groups is 3. The Kier molecular flexibility index (Phi) is 5.86. The van der Waals surface area contributed by atoms with Crippen molar-refractivity contribution in [2.45, 2.75) is 12.8 Å². The molecular formula is C11H14N2O4S. The van der Waals surface area contributed by atoms with Crippen LogP contribution >= 0.6 is 11.3 Å². The van der Waals surface area contributed by atoms with Crippen LogP contribution in [0.25, 0.3) is 0 Å². The van der Waals surface area contributed by atoms with Crippen LogP contribution in [0.15, 0.2) is 17.5 Å². The predicted molar refractivity (Wildman–Crippen MR) is 66.5 cm³/mol. The van der Waals surface area contributed by atoms with Gasteiger partial charge in [-0.3, -0.25) is 14.4 Å². The van der Waals surface area contributed by atoms with Gasteiger partial charge in [-0.25, -0.2) is 0 Å². The number of thiophene rings is 1. The minimum absolute atomic E-state index is 0.157. The highest BCUT2D eigenvalue weighted by atomic mass is 32.1. The third kappa shape index (κ3) is 5.44. The number of aliphatic carboxylic acids is 1. The topological polar surface area (TPSA) is 95.5 Å². The maximum atomic E-state index is 11.5. The zero-order chi connectivity index (χ0) is 13.4. The van der Waals surface area contributed by atoms with E-state index in [1.165, 1.54) is 11.3 Å². The molecule has 0 radical (unpaired) electrons. The molecule has 98 valence electrons. The number of hydrogen-bond donors (Lipinski definition) is 3. The second-order valence-corrected chi connectivity index (χ2v) is 4.45. The summed E-state index contributed by atoms with van der Waals surface area (Å²) in [5.74, 6) is -1.56. The van der Waals surface area contributed by atoms with Crippen molar-refractivity contribution in [1.82, 2.24) is 10.6 Å². The molecule has 0 atom stereocenters. The summed E-state index contributed by atoms with van der Waals surface area (Å²) >= 11 is 1.35. The van der Waals surface area contributed by atoms with Crippen LogP contribution in [0.2, 0.25) is 0 Å². The van der Waals surface area contributed by atoms with Crippen molar-refractivity contribution in [3.05, 3.63) is 22.4 Å². The lowest BCUT2D eigenvalue weighted by Gasteiger charge is -2.04. The van der Waals surface area contributed by atoms with E-state index in [2.05, 4.69) is 10.6 Å². The monoisotopic (exact) mass is 270 g/mol. The van der Waals surface area contributed by atoms with Gasteiger partial charge in [-0.1, -0.05) is 6.07 Å². The summed E-state index contributed by atoms with van der Waals surface area (Å²) in [4.78, 5) is 33.4. The highest BCUT2D eigenvalue weighted by Crippen LogP contribution is 2.07. The van der Waals surface area contributed by atoms with E-state index in [0.29, 0.717) is 17.8 Å². The lowest BCUT2D eigenvalue weighted by atomic mass is 10.3. The van der Waals surface area contributed by atoms with Gasteiger partial charge in [0.1, 0.15) is 6.54 Å². The molecule has 6 nitrogen and oxygen atoms in total. The molecule has 7 heteroatoms. The Hall–Kier alpha value is -1.89. The summed E-state index contributed by atoms with van der Waals surface area (Å²) in [5, 5.41) is 15.1. The molecule has 0 fully saturated rings. The number of hydrogen-bond acceptors (Lipinski definition) is 4. The van der Waals surface area contributed by atoms with E-state index < -0.39 is 5.97 Å². The van der Waals surface area contributed by atoms with Crippen molar-refractivity contribution in [3.63, 3.8) is 0 Å². The number of amides is 2. The van der Waals surface area contributed by atoms with E-state index in [0.717, 1.165) is 0 Å². The van der Waals surface area contributed by atoms with Gasteiger partial charge in [0.2, 0.25) is 5.91 Å². The molecule has 1 heterocycles. The molecule has 0 aliphatic rings. The van der Waals surface area contributed by atoms with E-state index in [9.17, 15) is 14.4 Å². The second-order valence-electron chi connectivity index (χ2n) is 3.51. The molecule has 2 amide bonds. The summed E-state index contributed by atoms with van der Waals surface area (Å²) in [5.41, 5.74) is 0. The number of rotatable bonds is 7. The van der Waals surface area contributed by atoms with E-state index in [1.807, 2.05) is 5.38 Å². The molecule has 3 N–H and O–H groups in total. The van der Waals surface area contributed by atoms with Crippen LogP contribution in [0.5, 0.6) is 0 Å². The van der Waals surface area contributed by atoms with Crippen LogP contribution in [0.4, 0.5) is 0 Å². The van der Waals surface area contributed by atoms with E-state index in [4.69, 9.17) is 5.11 Å². The third-order valence-electron chi connectivity index (χ3n) is 2.05. The van der Waals surface area contributed by atoms with E-state index in [-0.39, 0.29) is 24.8 Å². The van der Waals surface area contributed by atoms with Crippen molar-refractivity contribution in [1.29, 1.82) is 0 Å². The van der Waals surface area contributed by atoms with Gasteiger partial charge in [0.15, 0.2) is 0 Å². The molecule has 1 aromatic heterocycles. The Labute approximate surface area is 108 Å². The van der Waals surface area contributed by atoms with Crippen LogP contribution in [0.3, 0.4) is 0 Å². The molecular weight excluding hydrogens is 256 g/mol. The van der Waals surface area contributed by atoms with Gasteiger partial charge in [-0.2, -0.15) is 0 Å². The van der Waals surface area contributed by atoms with Crippen LogP contribution < -0.4 is 10.6 Å². The molecule has 18 heavy (non-hydrogen) atoms. The molecule has 1 aromatic rings. The fourth-order valence-electron chi connectivity index (χ4n) is 1.21. The normalized spacial score (nSPS) is 9.78. The molecule has 0 unspecified atom stereocenters. The molecule has 1 rings (SSSR count). The number of nitrogens with one attached hydrogen (secondary N) is 2. The highest BCUT2D eigenvalue weighted by molar-refractivity contribution is 7.12. The largest absolute Gasteiger partial charge is 0.480 e. The fraction of sp³-hybridized carbons (Fsp3) is 0.364. The van der Waals surface area contributed by atoms with Gasteiger partial charge in [0, 0.05) is 13.0 Å². The van der Waals surface area contributed by atoms with Crippen molar-refractivity contribution in [2.75, 3.05) is 13.1 Å². The second kappa shape index (κ2) is 7.44. The van der Waals surface area contributed by atoms with E-state index >= 15 is 0 Å². The first-order valence-corrected chi connectivity index (χ1v) is 6.28. The fourth-order valence-corrected chi connectivity index (χ4v) is 1.85. The molecule has 0 spiro atoms. The zero-order valence-electron chi connectivity index (χ0n) is 9.64. The van der Waals surface area contributed by atoms with Gasteiger partial charge in [0.25, 0.3) is 5.91 Å². The lowest BCUT2D eigenvalue weighted by molar-refractivity contribution is -0.137. The molecule has 0 aliphatic heterocycles. The van der Waals surface area contributed by atoms with Gasteiger partial charge < -0.3 is 15.7 Å². The van der Waals surface area contributed by atoms with Gasteiger partial charge >= 0.3 is 5.97 Å². The lowest BCUT2D eigenvalue weighted by Crippen LogP contribution is -2.30. The molecule has 0 saturated heterocycles. The molecule has 0 aromatic carbocycles. The van der Waals surface area contributed by atoms with Crippen molar-refractivity contribution in [3.8, 4) is 0 Å². The smallest absolute Gasteiger partial charge is 0.322 e. The number of carbonyl (C=O) groups excluding carboxylic acids is 2. The number of carboxylic acids is 1. The van der Waals surface area contributed by atoms with Crippen molar-refractivity contribution in [2.24, 2.45) is 0 Å². The summed E-state index contributed by atoms with van der Waals surface area (Å²) in [7, 11) is 0. The average molecular weight is 270 g/mol. The predicted octanol–water partition coefficient (Wildman–Crippen LogP) is 0.459. The van der Waals surface area contributed by atoms with Crippen molar-refractivity contribution < 1.29 is 19.5 Å². The first-order valence-electron chi connectivity index (χ1n) is 5.40. The zero-order valence-corrected chi connectivity index (χ0v) is 10.5. The number of carboxylic acid groups (broad SMARTS) is 1.